The van der Waals surface area contributed by atoms with E-state index in [9.17, 15) is 5.11 Å². The first-order valence-corrected chi connectivity index (χ1v) is 6.40. The van der Waals surface area contributed by atoms with E-state index in [0.717, 1.165) is 31.2 Å². The predicted molar refractivity (Wildman–Crippen MR) is 67.3 cm³/mol. The average Bonchev–Trinajstić information content (AvgIpc) is 2.29. The first-order valence-electron chi connectivity index (χ1n) is 6.40. The third-order valence-corrected chi connectivity index (χ3v) is 4.14. The van der Waals surface area contributed by atoms with Crippen LogP contribution in [0, 0.1) is 11.3 Å². The van der Waals surface area contributed by atoms with Crippen molar-refractivity contribution in [2.45, 2.75) is 52.1 Å². The minimum absolute atomic E-state index is 0.342. The monoisotopic (exact) mass is 234 g/mol. The summed E-state index contributed by atoms with van der Waals surface area (Å²) >= 11 is 0. The summed E-state index contributed by atoms with van der Waals surface area (Å²) in [6, 6.07) is 0. The minimum atomic E-state index is -0.705. The number of aliphatic hydroxyl groups is 1. The lowest BCUT2D eigenvalue weighted by atomic mass is 9.67. The molecule has 3 nitrogen and oxygen atoms in total. The highest BCUT2D eigenvalue weighted by atomic mass is 16.3. The lowest BCUT2D eigenvalue weighted by Crippen LogP contribution is -2.35. The Kier molecular flexibility index (Phi) is 3.21. The topological polar surface area (TPSA) is 46.0 Å². The molecule has 94 valence electrons. The molecule has 1 aliphatic rings. The smallest absolute Gasteiger partial charge is 0.115 e. The predicted octanol–water partition coefficient (Wildman–Crippen LogP) is 2.90. The van der Waals surface area contributed by atoms with Crippen molar-refractivity contribution >= 4 is 0 Å². The molecule has 1 aromatic heterocycles. The molecular formula is C14H22N2O. The quantitative estimate of drug-likeness (QED) is 0.812. The molecule has 0 atom stereocenters. The zero-order valence-corrected chi connectivity index (χ0v) is 11.0. The molecule has 1 fully saturated rings. The second-order valence-corrected chi connectivity index (χ2v) is 6.30. The summed E-state index contributed by atoms with van der Waals surface area (Å²) < 4.78 is 0. The second-order valence-electron chi connectivity index (χ2n) is 6.30. The molecule has 0 saturated heterocycles. The number of hydrogen-bond donors (Lipinski definition) is 1. The third-order valence-electron chi connectivity index (χ3n) is 4.14. The van der Waals surface area contributed by atoms with Crippen LogP contribution >= 0.6 is 0 Å². The molecule has 0 spiro atoms. The molecule has 0 aromatic carbocycles. The maximum Gasteiger partial charge on any atom is 0.115 e. The van der Waals surface area contributed by atoms with E-state index >= 15 is 0 Å². The van der Waals surface area contributed by atoms with Gasteiger partial charge in [-0.05, 0) is 37.0 Å². The Hall–Kier alpha value is -0.960. The van der Waals surface area contributed by atoms with Gasteiger partial charge in [0.15, 0.2) is 0 Å². The second kappa shape index (κ2) is 4.37. The van der Waals surface area contributed by atoms with Crippen molar-refractivity contribution in [3.8, 4) is 0 Å². The zero-order valence-electron chi connectivity index (χ0n) is 11.0. The van der Waals surface area contributed by atoms with E-state index in [-0.39, 0.29) is 0 Å². The summed E-state index contributed by atoms with van der Waals surface area (Å²) in [4.78, 5) is 8.00. The fourth-order valence-corrected chi connectivity index (χ4v) is 2.79. The summed E-state index contributed by atoms with van der Waals surface area (Å²) in [5.41, 5.74) is 0.504. The van der Waals surface area contributed by atoms with E-state index in [4.69, 9.17) is 0 Å². The van der Waals surface area contributed by atoms with Crippen LogP contribution in [0.4, 0.5) is 0 Å². The Morgan fingerprint density at radius 1 is 1.18 bits per heavy atom. The van der Waals surface area contributed by atoms with Crippen molar-refractivity contribution < 1.29 is 5.11 Å². The van der Waals surface area contributed by atoms with Gasteiger partial charge in [-0.15, -0.1) is 0 Å². The zero-order chi connectivity index (χ0) is 12.5. The lowest BCUT2D eigenvalue weighted by Gasteiger charge is -2.41. The largest absolute Gasteiger partial charge is 0.385 e. The minimum Gasteiger partial charge on any atom is -0.385 e. The first kappa shape index (κ1) is 12.5. The van der Waals surface area contributed by atoms with Crippen molar-refractivity contribution in [3.05, 3.63) is 24.3 Å². The van der Waals surface area contributed by atoms with E-state index in [1.54, 1.807) is 12.4 Å². The summed E-state index contributed by atoms with van der Waals surface area (Å²) in [5.74, 6) is 0.701. The van der Waals surface area contributed by atoms with Gasteiger partial charge in [-0.2, -0.15) is 0 Å². The first-order chi connectivity index (χ1) is 7.92. The number of rotatable bonds is 1. The molecule has 0 bridgehead atoms. The molecule has 0 aliphatic heterocycles. The number of aromatic nitrogens is 2. The highest BCUT2D eigenvalue weighted by molar-refractivity contribution is 5.15. The van der Waals surface area contributed by atoms with Gasteiger partial charge >= 0.3 is 0 Å². The van der Waals surface area contributed by atoms with Crippen molar-refractivity contribution in [1.82, 2.24) is 9.97 Å². The van der Waals surface area contributed by atoms with Crippen molar-refractivity contribution in [2.75, 3.05) is 0 Å². The van der Waals surface area contributed by atoms with Crippen LogP contribution in [0.2, 0.25) is 0 Å². The van der Waals surface area contributed by atoms with E-state index in [1.807, 2.05) is 0 Å². The Labute approximate surface area is 103 Å². The highest BCUT2D eigenvalue weighted by Crippen LogP contribution is 2.44. The summed E-state index contributed by atoms with van der Waals surface area (Å²) in [5, 5.41) is 10.6. The van der Waals surface area contributed by atoms with Crippen molar-refractivity contribution in [2.24, 2.45) is 11.3 Å². The molecular weight excluding hydrogens is 212 g/mol. The molecule has 0 amide bonds. The SMILES string of the molecule is CC(C)(C)C1CCC(O)(c2cncnc2)CC1. The summed E-state index contributed by atoms with van der Waals surface area (Å²) in [6.07, 6.45) is 8.79. The van der Waals surface area contributed by atoms with Crippen molar-refractivity contribution in [1.29, 1.82) is 0 Å². The standard InChI is InChI=1S/C14H22N2O/c1-13(2,3)11-4-6-14(17,7-5-11)12-8-15-10-16-9-12/h8-11,17H,4-7H2,1-3H3. The normalized spacial score (nSPS) is 30.2. The fraction of sp³-hybridized carbons (Fsp3) is 0.714. The van der Waals surface area contributed by atoms with Gasteiger partial charge in [0, 0.05) is 18.0 Å². The maximum absolute atomic E-state index is 10.6. The molecule has 17 heavy (non-hydrogen) atoms. The molecule has 1 N–H and O–H groups in total. The fourth-order valence-electron chi connectivity index (χ4n) is 2.79. The van der Waals surface area contributed by atoms with Crippen LogP contribution in [0.1, 0.15) is 52.0 Å². The van der Waals surface area contributed by atoms with E-state index in [0.29, 0.717) is 11.3 Å². The summed E-state index contributed by atoms with van der Waals surface area (Å²) in [6.45, 7) is 6.86. The van der Waals surface area contributed by atoms with Gasteiger partial charge in [-0.3, -0.25) is 0 Å². The van der Waals surface area contributed by atoms with Gasteiger partial charge in [0.1, 0.15) is 6.33 Å². The number of hydrogen-bond acceptors (Lipinski definition) is 3. The Bertz CT molecular complexity index is 362. The van der Waals surface area contributed by atoms with Gasteiger partial charge in [0.25, 0.3) is 0 Å². The van der Waals surface area contributed by atoms with Crippen LogP contribution in [0.25, 0.3) is 0 Å². The Balaban J connectivity index is 2.08. The molecule has 0 unspecified atom stereocenters. The van der Waals surface area contributed by atoms with Crippen LogP contribution in [0.3, 0.4) is 0 Å². The van der Waals surface area contributed by atoms with E-state index in [2.05, 4.69) is 30.7 Å². The maximum atomic E-state index is 10.6. The van der Waals surface area contributed by atoms with Crippen molar-refractivity contribution in [3.63, 3.8) is 0 Å². The van der Waals surface area contributed by atoms with Gasteiger partial charge in [-0.25, -0.2) is 9.97 Å². The molecule has 0 radical (unpaired) electrons. The number of nitrogens with zero attached hydrogens (tertiary/aromatic N) is 2. The van der Waals surface area contributed by atoms with Crippen LogP contribution in [-0.2, 0) is 5.60 Å². The lowest BCUT2D eigenvalue weighted by molar-refractivity contribution is -0.0302. The van der Waals surface area contributed by atoms with Crippen LogP contribution in [0.15, 0.2) is 18.7 Å². The summed E-state index contributed by atoms with van der Waals surface area (Å²) in [7, 11) is 0. The molecule has 1 aliphatic carbocycles. The average molecular weight is 234 g/mol. The van der Waals surface area contributed by atoms with Crippen LogP contribution in [0.5, 0.6) is 0 Å². The van der Waals surface area contributed by atoms with Gasteiger partial charge in [-0.1, -0.05) is 20.8 Å². The van der Waals surface area contributed by atoms with Crippen LogP contribution < -0.4 is 0 Å². The molecule has 1 heterocycles. The Morgan fingerprint density at radius 3 is 2.18 bits per heavy atom. The van der Waals surface area contributed by atoms with Gasteiger partial charge in [0.2, 0.25) is 0 Å². The Morgan fingerprint density at radius 2 is 1.71 bits per heavy atom. The van der Waals surface area contributed by atoms with Crippen LogP contribution in [-0.4, -0.2) is 15.1 Å². The molecule has 3 heteroatoms. The third kappa shape index (κ3) is 2.65. The molecule has 1 aromatic rings. The van der Waals surface area contributed by atoms with Gasteiger partial charge < -0.3 is 5.11 Å². The van der Waals surface area contributed by atoms with Gasteiger partial charge in [0.05, 0.1) is 5.60 Å². The van der Waals surface area contributed by atoms with E-state index < -0.39 is 5.60 Å². The molecule has 1 saturated carbocycles. The molecule has 2 rings (SSSR count). The van der Waals surface area contributed by atoms with E-state index in [1.165, 1.54) is 6.33 Å². The highest BCUT2D eigenvalue weighted by Gasteiger charge is 2.38.